The topological polar surface area (TPSA) is 166 Å². The van der Waals surface area contributed by atoms with E-state index in [1.54, 1.807) is 48.2 Å². The van der Waals surface area contributed by atoms with Crippen LogP contribution in [-0.2, 0) is 31.9 Å². The van der Waals surface area contributed by atoms with Crippen molar-refractivity contribution in [2.75, 3.05) is 31.1 Å². The van der Waals surface area contributed by atoms with E-state index < -0.39 is 22.0 Å². The first kappa shape index (κ1) is 30.4. The van der Waals surface area contributed by atoms with E-state index in [2.05, 4.69) is 10.0 Å². The Balaban J connectivity index is 0.000000757. The average Bonchev–Trinajstić information content (AvgIpc) is 3.31. The molecule has 0 saturated carbocycles. The number of anilines is 1. The molecule has 0 spiro atoms. The first-order valence-corrected chi connectivity index (χ1v) is 13.8. The van der Waals surface area contributed by atoms with Crippen molar-refractivity contribution < 1.29 is 37.4 Å². The zero-order chi connectivity index (χ0) is 28.1. The van der Waals surface area contributed by atoms with Crippen molar-refractivity contribution in [2.45, 2.75) is 17.2 Å². The number of benzene rings is 2. The summed E-state index contributed by atoms with van der Waals surface area (Å²) in [7, 11) is 0.279. The number of thioether (sulfide) groups is 1. The number of carboxylic acid groups (broad SMARTS) is 2. The second-order valence-electron chi connectivity index (χ2n) is 8.02. The maximum absolute atomic E-state index is 12.5. The van der Waals surface area contributed by atoms with Crippen LogP contribution in [0.25, 0.3) is 0 Å². The van der Waals surface area contributed by atoms with Gasteiger partial charge in [0.2, 0.25) is 0 Å². The van der Waals surface area contributed by atoms with E-state index in [0.29, 0.717) is 17.8 Å². The van der Waals surface area contributed by atoms with Gasteiger partial charge in [-0.25, -0.2) is 18.0 Å². The van der Waals surface area contributed by atoms with Crippen LogP contribution in [0, 0.1) is 0 Å². The van der Waals surface area contributed by atoms with Crippen LogP contribution in [0.1, 0.15) is 21.9 Å². The van der Waals surface area contributed by atoms with E-state index in [-0.39, 0.29) is 10.8 Å². The minimum absolute atomic E-state index is 0.164. The van der Waals surface area contributed by atoms with Crippen molar-refractivity contribution in [3.05, 3.63) is 83.8 Å². The molecule has 1 aromatic heterocycles. The molecule has 0 radical (unpaired) electrons. The van der Waals surface area contributed by atoms with Crippen molar-refractivity contribution >= 4 is 45.3 Å². The Morgan fingerprint density at radius 2 is 1.58 bits per heavy atom. The van der Waals surface area contributed by atoms with E-state index >= 15 is 0 Å². The van der Waals surface area contributed by atoms with Gasteiger partial charge < -0.3 is 24.8 Å². The number of nitrogens with zero attached hydrogens (tertiary/aromatic N) is 1. The molecule has 0 aliphatic carbocycles. The van der Waals surface area contributed by atoms with Crippen LogP contribution in [0.5, 0.6) is 0 Å². The molecule has 2 aromatic carbocycles. The lowest BCUT2D eigenvalue weighted by atomic mass is 10.2. The maximum atomic E-state index is 12.5. The molecule has 0 bridgehead atoms. The quantitative estimate of drug-likeness (QED) is 0.201. The summed E-state index contributed by atoms with van der Waals surface area (Å²) in [6.45, 7) is 1.26. The van der Waals surface area contributed by atoms with Crippen molar-refractivity contribution in [3.63, 3.8) is 0 Å². The zero-order valence-electron chi connectivity index (χ0n) is 20.8. The Morgan fingerprint density at radius 3 is 2.21 bits per heavy atom. The smallest absolute Gasteiger partial charge is 0.414 e. The van der Waals surface area contributed by atoms with Gasteiger partial charge in [0.15, 0.2) is 0 Å². The zero-order valence-corrected chi connectivity index (χ0v) is 22.4. The second kappa shape index (κ2) is 14.8. The van der Waals surface area contributed by atoms with Gasteiger partial charge in [0, 0.05) is 23.5 Å². The Hall–Kier alpha value is -3.81. The van der Waals surface area contributed by atoms with E-state index in [4.69, 9.17) is 24.2 Å². The molecule has 0 atom stereocenters. The highest BCUT2D eigenvalue weighted by Crippen LogP contribution is 2.18. The summed E-state index contributed by atoms with van der Waals surface area (Å²) in [6.07, 6.45) is 0. The van der Waals surface area contributed by atoms with Crippen LogP contribution in [0.4, 0.5) is 5.69 Å². The van der Waals surface area contributed by atoms with E-state index in [9.17, 15) is 13.2 Å². The number of nitrogens with one attached hydrogen (secondary N) is 2. The number of carbonyl (C=O) groups is 3. The number of rotatable bonds is 11. The van der Waals surface area contributed by atoms with Crippen LogP contribution < -0.4 is 10.0 Å². The largest absolute Gasteiger partial charge is 0.473 e. The molecule has 1 heterocycles. The summed E-state index contributed by atoms with van der Waals surface area (Å²) >= 11 is 1.67. The average molecular weight is 564 g/mol. The lowest BCUT2D eigenvalue weighted by Gasteiger charge is -2.10. The molecule has 4 N–H and O–H groups in total. The molecule has 38 heavy (non-hydrogen) atoms. The summed E-state index contributed by atoms with van der Waals surface area (Å²) in [5.41, 5.74) is 0.727. The number of furan rings is 1. The van der Waals surface area contributed by atoms with E-state index in [1.165, 1.54) is 18.2 Å². The predicted octanol–water partition coefficient (Wildman–Crippen LogP) is 2.96. The SMILES string of the molecule is CN(C)Cc1ccc(CSCCNC(=O)c2cccc(NS(=O)(=O)c3ccccc3)c2)o1.O=C(O)C(=O)O. The number of aliphatic carboxylic acids is 2. The van der Waals surface area contributed by atoms with Crippen molar-refractivity contribution in [3.8, 4) is 0 Å². The fourth-order valence-electron chi connectivity index (χ4n) is 2.95. The molecule has 1 amide bonds. The lowest BCUT2D eigenvalue weighted by molar-refractivity contribution is -0.159. The third-order valence-corrected chi connectivity index (χ3v) is 6.96. The fraction of sp³-hybridized carbons (Fsp3) is 0.240. The Kier molecular flexibility index (Phi) is 11.9. The molecule has 0 aliphatic heterocycles. The summed E-state index contributed by atoms with van der Waals surface area (Å²) in [6, 6.07) is 18.5. The molecule has 0 aliphatic rings. The van der Waals surface area contributed by atoms with Gasteiger partial charge in [0.25, 0.3) is 15.9 Å². The molecule has 0 unspecified atom stereocenters. The van der Waals surface area contributed by atoms with Crippen molar-refractivity contribution in [1.29, 1.82) is 0 Å². The highest BCUT2D eigenvalue weighted by Gasteiger charge is 2.14. The number of carboxylic acids is 2. The molecule has 204 valence electrons. The van der Waals surface area contributed by atoms with Gasteiger partial charge in [0.1, 0.15) is 11.5 Å². The summed E-state index contributed by atoms with van der Waals surface area (Å²) in [5, 5.41) is 17.6. The normalized spacial score (nSPS) is 10.8. The predicted molar refractivity (Wildman–Crippen MR) is 144 cm³/mol. The maximum Gasteiger partial charge on any atom is 0.414 e. The third-order valence-electron chi connectivity index (χ3n) is 4.58. The molecule has 0 fully saturated rings. The van der Waals surface area contributed by atoms with E-state index in [0.717, 1.165) is 29.6 Å². The number of sulfonamides is 1. The number of carbonyl (C=O) groups excluding carboxylic acids is 1. The van der Waals surface area contributed by atoms with Crippen LogP contribution in [0.15, 0.2) is 76.0 Å². The molecular formula is C25H29N3O8S2. The van der Waals surface area contributed by atoms with Crippen LogP contribution in [0.2, 0.25) is 0 Å². The van der Waals surface area contributed by atoms with E-state index in [1.807, 2.05) is 31.1 Å². The molecule has 3 aromatic rings. The van der Waals surface area contributed by atoms with Crippen molar-refractivity contribution in [2.24, 2.45) is 0 Å². The molecule has 3 rings (SSSR count). The van der Waals surface area contributed by atoms with Gasteiger partial charge in [-0.15, -0.1) is 0 Å². The molecule has 0 saturated heterocycles. The highest BCUT2D eigenvalue weighted by molar-refractivity contribution is 7.98. The summed E-state index contributed by atoms with van der Waals surface area (Å²) < 4.78 is 33.2. The van der Waals surface area contributed by atoms with Gasteiger partial charge in [-0.3, -0.25) is 9.52 Å². The third kappa shape index (κ3) is 10.7. The summed E-state index contributed by atoms with van der Waals surface area (Å²) in [4.78, 5) is 32.9. The highest BCUT2D eigenvalue weighted by atomic mass is 32.2. The van der Waals surface area contributed by atoms with Gasteiger partial charge in [-0.2, -0.15) is 11.8 Å². The molecular weight excluding hydrogens is 534 g/mol. The lowest BCUT2D eigenvalue weighted by Crippen LogP contribution is -2.26. The number of hydrogen-bond acceptors (Lipinski definition) is 8. The first-order valence-electron chi connectivity index (χ1n) is 11.2. The number of hydrogen-bond donors (Lipinski definition) is 4. The minimum atomic E-state index is -3.71. The van der Waals surface area contributed by atoms with Crippen LogP contribution in [0.3, 0.4) is 0 Å². The van der Waals surface area contributed by atoms with Gasteiger partial charge >= 0.3 is 11.9 Å². The standard InChI is InChI=1S/C23H27N3O4S2.C2H2O4/c1-26(2)16-20-11-12-21(30-20)17-31-14-13-24-23(27)18-7-6-8-19(15-18)25-32(28,29)22-9-4-3-5-10-22;3-1(4)2(5)6/h3-12,15,25H,13-14,16-17H2,1-2H3,(H,24,27);(H,3,4)(H,5,6). The molecule has 13 heteroatoms. The van der Waals surface area contributed by atoms with Crippen LogP contribution in [-0.4, -0.2) is 67.8 Å². The first-order chi connectivity index (χ1) is 18.0. The van der Waals surface area contributed by atoms with Gasteiger partial charge in [-0.05, 0) is 56.6 Å². The van der Waals surface area contributed by atoms with Gasteiger partial charge in [-0.1, -0.05) is 24.3 Å². The van der Waals surface area contributed by atoms with Gasteiger partial charge in [0.05, 0.1) is 17.2 Å². The Morgan fingerprint density at radius 1 is 0.921 bits per heavy atom. The minimum Gasteiger partial charge on any atom is -0.473 e. The number of amides is 1. The Labute approximate surface area is 224 Å². The summed E-state index contributed by atoms with van der Waals surface area (Å²) in [5.74, 6) is -0.587. The van der Waals surface area contributed by atoms with Crippen molar-refractivity contribution in [1.82, 2.24) is 10.2 Å². The molecule has 11 nitrogen and oxygen atoms in total. The monoisotopic (exact) mass is 563 g/mol. The fourth-order valence-corrected chi connectivity index (χ4v) is 4.76. The Bertz CT molecular complexity index is 1310. The van der Waals surface area contributed by atoms with Crippen LogP contribution >= 0.6 is 11.8 Å². The second-order valence-corrected chi connectivity index (χ2v) is 10.8.